The van der Waals surface area contributed by atoms with Crippen molar-refractivity contribution in [1.82, 2.24) is 20.6 Å². The molecular formula is C15H18N6O2. The predicted molar refractivity (Wildman–Crippen MR) is 83.7 cm³/mol. The number of hydrogen-bond acceptors (Lipinski definition) is 5. The predicted octanol–water partition coefficient (Wildman–Crippen LogP) is 1.14. The number of benzene rings is 1. The molecular weight excluding hydrogens is 296 g/mol. The second-order valence-corrected chi connectivity index (χ2v) is 5.55. The van der Waals surface area contributed by atoms with Gasteiger partial charge in [-0.05, 0) is 29.3 Å². The molecule has 2 N–H and O–H groups in total. The van der Waals surface area contributed by atoms with Gasteiger partial charge in [0.25, 0.3) is 5.95 Å². The van der Waals surface area contributed by atoms with Gasteiger partial charge in [-0.15, -0.1) is 5.10 Å². The van der Waals surface area contributed by atoms with Crippen molar-refractivity contribution >= 4 is 23.5 Å². The number of aromatic nitrogens is 4. The highest BCUT2D eigenvalue weighted by Gasteiger charge is 2.35. The Labute approximate surface area is 133 Å². The van der Waals surface area contributed by atoms with Gasteiger partial charge in [0, 0.05) is 18.7 Å². The van der Waals surface area contributed by atoms with E-state index in [1.165, 1.54) is 5.56 Å². The molecule has 2 amide bonds. The van der Waals surface area contributed by atoms with E-state index in [0.717, 1.165) is 18.5 Å². The van der Waals surface area contributed by atoms with Crippen molar-refractivity contribution in [1.29, 1.82) is 0 Å². The molecule has 1 aliphatic rings. The largest absolute Gasteiger partial charge is 0.312 e. The van der Waals surface area contributed by atoms with Gasteiger partial charge in [0.1, 0.15) is 0 Å². The fraction of sp³-hybridized carbons (Fsp3) is 0.400. The van der Waals surface area contributed by atoms with E-state index in [1.54, 1.807) is 4.90 Å². The summed E-state index contributed by atoms with van der Waals surface area (Å²) in [6.07, 6.45) is 2.28. The maximum absolute atomic E-state index is 12.2. The van der Waals surface area contributed by atoms with E-state index < -0.39 is 5.92 Å². The highest BCUT2D eigenvalue weighted by molar-refractivity contribution is 6.03. The van der Waals surface area contributed by atoms with Crippen molar-refractivity contribution < 1.29 is 9.59 Å². The van der Waals surface area contributed by atoms with Crippen molar-refractivity contribution in [2.75, 3.05) is 16.8 Å². The number of amides is 2. The zero-order valence-corrected chi connectivity index (χ0v) is 12.8. The summed E-state index contributed by atoms with van der Waals surface area (Å²) in [6.45, 7) is 2.49. The summed E-state index contributed by atoms with van der Waals surface area (Å²) < 4.78 is 0. The molecule has 0 aliphatic carbocycles. The van der Waals surface area contributed by atoms with Crippen LogP contribution in [-0.4, -0.2) is 39.0 Å². The Balaban J connectivity index is 1.66. The third-order valence-electron chi connectivity index (χ3n) is 3.86. The Bertz CT molecular complexity index is 683. The molecule has 23 heavy (non-hydrogen) atoms. The van der Waals surface area contributed by atoms with Crippen LogP contribution in [0.2, 0.25) is 0 Å². The molecule has 1 aromatic carbocycles. The van der Waals surface area contributed by atoms with Gasteiger partial charge < -0.3 is 4.90 Å². The van der Waals surface area contributed by atoms with Gasteiger partial charge in [-0.2, -0.15) is 5.21 Å². The topological polar surface area (TPSA) is 104 Å². The standard InChI is InChI=1S/C15H18N6O2/c1-2-3-10-4-6-12(7-5-10)21-9-11(8-13(21)22)14(23)16-15-17-19-20-18-15/h4-7,11H,2-3,8-9H2,1H3,(H2,16,17,18,19,20,23)/t11-/m1/s1. The summed E-state index contributed by atoms with van der Waals surface area (Å²) in [4.78, 5) is 26.0. The van der Waals surface area contributed by atoms with E-state index in [9.17, 15) is 9.59 Å². The van der Waals surface area contributed by atoms with E-state index in [1.807, 2.05) is 24.3 Å². The van der Waals surface area contributed by atoms with Crippen molar-refractivity contribution in [3.63, 3.8) is 0 Å². The minimum Gasteiger partial charge on any atom is -0.312 e. The molecule has 2 heterocycles. The number of carbonyl (C=O) groups is 2. The number of tetrazole rings is 1. The Morgan fingerprint density at radius 2 is 2.17 bits per heavy atom. The lowest BCUT2D eigenvalue weighted by Gasteiger charge is -2.17. The zero-order valence-electron chi connectivity index (χ0n) is 12.8. The highest BCUT2D eigenvalue weighted by atomic mass is 16.2. The maximum Gasteiger partial charge on any atom is 0.269 e. The summed E-state index contributed by atoms with van der Waals surface area (Å²) in [5, 5.41) is 15.5. The van der Waals surface area contributed by atoms with Crippen LogP contribution >= 0.6 is 0 Å². The maximum atomic E-state index is 12.2. The first-order chi connectivity index (χ1) is 11.2. The lowest BCUT2D eigenvalue weighted by Crippen LogP contribution is -2.28. The number of H-pyrrole nitrogens is 1. The monoisotopic (exact) mass is 314 g/mol. The van der Waals surface area contributed by atoms with Gasteiger partial charge in [0.15, 0.2) is 0 Å². The van der Waals surface area contributed by atoms with Crippen LogP contribution in [0.3, 0.4) is 0 Å². The van der Waals surface area contributed by atoms with Gasteiger partial charge in [-0.1, -0.05) is 30.6 Å². The van der Waals surface area contributed by atoms with Gasteiger partial charge in [-0.3, -0.25) is 14.9 Å². The van der Waals surface area contributed by atoms with Crippen LogP contribution < -0.4 is 10.2 Å². The van der Waals surface area contributed by atoms with Gasteiger partial charge >= 0.3 is 0 Å². The Morgan fingerprint density at radius 1 is 1.39 bits per heavy atom. The van der Waals surface area contributed by atoms with Crippen molar-refractivity contribution in [3.05, 3.63) is 29.8 Å². The third-order valence-corrected chi connectivity index (χ3v) is 3.86. The molecule has 0 radical (unpaired) electrons. The van der Waals surface area contributed by atoms with Crippen molar-refractivity contribution in [2.45, 2.75) is 26.2 Å². The number of nitrogens with zero attached hydrogens (tertiary/aromatic N) is 4. The Hall–Kier alpha value is -2.77. The molecule has 120 valence electrons. The second kappa shape index (κ2) is 6.55. The van der Waals surface area contributed by atoms with Crippen molar-refractivity contribution in [2.24, 2.45) is 5.92 Å². The summed E-state index contributed by atoms with van der Waals surface area (Å²) in [7, 11) is 0. The molecule has 1 aromatic heterocycles. The van der Waals surface area contributed by atoms with Crippen LogP contribution in [0.1, 0.15) is 25.3 Å². The van der Waals surface area contributed by atoms with Crippen LogP contribution in [0.15, 0.2) is 24.3 Å². The average Bonchev–Trinajstić information content (AvgIpc) is 3.18. The van der Waals surface area contributed by atoms with E-state index in [2.05, 4.69) is 32.9 Å². The number of nitrogens with one attached hydrogen (secondary N) is 2. The van der Waals surface area contributed by atoms with E-state index in [4.69, 9.17) is 0 Å². The molecule has 8 nitrogen and oxygen atoms in total. The van der Waals surface area contributed by atoms with Crippen molar-refractivity contribution in [3.8, 4) is 0 Å². The Morgan fingerprint density at radius 3 is 2.83 bits per heavy atom. The number of carbonyl (C=O) groups excluding carboxylic acids is 2. The molecule has 0 saturated carbocycles. The summed E-state index contributed by atoms with van der Waals surface area (Å²) >= 11 is 0. The minimum atomic E-state index is -0.420. The summed E-state index contributed by atoms with van der Waals surface area (Å²) in [5.74, 6) is -0.632. The number of anilines is 2. The number of aromatic amines is 1. The highest BCUT2D eigenvalue weighted by Crippen LogP contribution is 2.26. The molecule has 0 spiro atoms. The van der Waals surface area contributed by atoms with Crippen LogP contribution in [0, 0.1) is 5.92 Å². The number of rotatable bonds is 5. The summed E-state index contributed by atoms with van der Waals surface area (Å²) in [5.41, 5.74) is 2.07. The van der Waals surface area contributed by atoms with Crippen LogP contribution in [0.4, 0.5) is 11.6 Å². The summed E-state index contributed by atoms with van der Waals surface area (Å²) in [6, 6.07) is 7.92. The van der Waals surface area contributed by atoms with E-state index >= 15 is 0 Å². The molecule has 1 saturated heterocycles. The lowest BCUT2D eigenvalue weighted by molar-refractivity contribution is -0.122. The fourth-order valence-corrected chi connectivity index (χ4v) is 2.69. The van der Waals surface area contributed by atoms with Crippen LogP contribution in [0.5, 0.6) is 0 Å². The SMILES string of the molecule is CCCc1ccc(N2C[C@H](C(=O)Nc3nn[nH]n3)CC2=O)cc1. The molecule has 1 atom stereocenters. The quantitative estimate of drug-likeness (QED) is 0.861. The second-order valence-electron chi connectivity index (χ2n) is 5.55. The smallest absolute Gasteiger partial charge is 0.269 e. The first-order valence-electron chi connectivity index (χ1n) is 7.61. The van der Waals surface area contributed by atoms with E-state index in [-0.39, 0.29) is 24.2 Å². The molecule has 0 bridgehead atoms. The molecule has 8 heteroatoms. The molecule has 1 fully saturated rings. The van der Waals surface area contributed by atoms with E-state index in [0.29, 0.717) is 6.54 Å². The number of aryl methyl sites for hydroxylation is 1. The first-order valence-corrected chi connectivity index (χ1v) is 7.61. The van der Waals surface area contributed by atoms with Crippen LogP contribution in [0.25, 0.3) is 0 Å². The third kappa shape index (κ3) is 3.36. The molecule has 3 rings (SSSR count). The first kappa shape index (κ1) is 15.1. The zero-order chi connectivity index (χ0) is 16.2. The number of hydrogen-bond donors (Lipinski definition) is 2. The van der Waals surface area contributed by atoms with Gasteiger partial charge in [-0.25, -0.2) is 0 Å². The minimum absolute atomic E-state index is 0.0542. The van der Waals surface area contributed by atoms with Gasteiger partial charge in [0.2, 0.25) is 11.8 Å². The molecule has 0 unspecified atom stereocenters. The van der Waals surface area contributed by atoms with Crippen LogP contribution in [-0.2, 0) is 16.0 Å². The van der Waals surface area contributed by atoms with Gasteiger partial charge in [0.05, 0.1) is 5.92 Å². The lowest BCUT2D eigenvalue weighted by atomic mass is 10.1. The molecule has 2 aromatic rings. The fourth-order valence-electron chi connectivity index (χ4n) is 2.69. The normalized spacial score (nSPS) is 17.5. The Kier molecular flexibility index (Phi) is 4.31. The molecule has 1 aliphatic heterocycles. The average molecular weight is 314 g/mol.